The molecule has 6 heteroatoms. The van der Waals surface area contributed by atoms with E-state index in [1.54, 1.807) is 0 Å². The fraction of sp³-hybridized carbons (Fsp3) is 0.679. The van der Waals surface area contributed by atoms with Gasteiger partial charge in [-0.1, -0.05) is 11.8 Å². The summed E-state index contributed by atoms with van der Waals surface area (Å²) in [5.41, 5.74) is 4.12. The molecule has 1 aromatic rings. The first kappa shape index (κ1) is 26.2. The number of hydrogen-bond acceptors (Lipinski definition) is 5. The molecule has 0 unspecified atom stereocenters. The van der Waals surface area contributed by atoms with Crippen LogP contribution in [0, 0.1) is 24.2 Å². The Bertz CT molecular complexity index is 903. The van der Waals surface area contributed by atoms with Crippen molar-refractivity contribution >= 4 is 17.5 Å². The number of nitrogens with one attached hydrogen (secondary N) is 1. The number of amides is 1. The Hall–Kier alpha value is -2.39. The van der Waals surface area contributed by atoms with Gasteiger partial charge in [0.25, 0.3) is 0 Å². The minimum absolute atomic E-state index is 0.0482. The number of piperazine rings is 1. The van der Waals surface area contributed by atoms with Crippen molar-refractivity contribution < 1.29 is 9.53 Å². The molecule has 2 aliphatic rings. The van der Waals surface area contributed by atoms with E-state index in [4.69, 9.17) is 4.74 Å². The zero-order valence-corrected chi connectivity index (χ0v) is 22.4. The minimum atomic E-state index is -0.472. The lowest BCUT2D eigenvalue weighted by Crippen LogP contribution is -2.50. The average Bonchev–Trinajstić information content (AvgIpc) is 3.26. The number of carbonyl (C=O) groups is 1. The van der Waals surface area contributed by atoms with Gasteiger partial charge in [0, 0.05) is 61.6 Å². The van der Waals surface area contributed by atoms with Crippen LogP contribution in [0.4, 0.5) is 16.2 Å². The normalized spacial score (nSPS) is 17.4. The van der Waals surface area contributed by atoms with Crippen molar-refractivity contribution in [3.05, 3.63) is 23.3 Å². The van der Waals surface area contributed by atoms with E-state index in [1.165, 1.54) is 37.2 Å². The fourth-order valence-corrected chi connectivity index (χ4v) is 4.35. The third-order valence-corrected chi connectivity index (χ3v) is 6.18. The Morgan fingerprint density at radius 2 is 1.65 bits per heavy atom. The molecule has 0 aromatic heterocycles. The molecule has 2 fully saturated rings. The number of rotatable bonds is 5. The maximum Gasteiger partial charge on any atom is 0.410 e. The number of hydrogen-bond donors (Lipinski definition) is 1. The summed E-state index contributed by atoms with van der Waals surface area (Å²) in [4.78, 5) is 19.2. The number of ether oxygens (including phenoxy) is 1. The number of carbonyl (C=O) groups excluding carboxylic acids is 1. The van der Waals surface area contributed by atoms with Crippen LogP contribution in [0.2, 0.25) is 0 Å². The number of anilines is 2. The van der Waals surface area contributed by atoms with Crippen LogP contribution >= 0.6 is 0 Å². The van der Waals surface area contributed by atoms with Crippen molar-refractivity contribution in [2.75, 3.05) is 62.6 Å². The summed E-state index contributed by atoms with van der Waals surface area (Å²) in [5.74, 6) is 6.79. The lowest BCUT2D eigenvalue weighted by atomic mass is 9.97. The summed E-state index contributed by atoms with van der Waals surface area (Å²) in [7, 11) is 0. The zero-order chi connectivity index (χ0) is 24.9. The summed E-state index contributed by atoms with van der Waals surface area (Å²) in [6, 6.07) is 4.40. The van der Waals surface area contributed by atoms with E-state index >= 15 is 0 Å². The second-order valence-corrected chi connectivity index (χ2v) is 11.6. The van der Waals surface area contributed by atoms with Crippen LogP contribution in [0.5, 0.6) is 0 Å². The van der Waals surface area contributed by atoms with E-state index in [0.29, 0.717) is 13.1 Å². The average molecular weight is 469 g/mol. The van der Waals surface area contributed by atoms with Crippen LogP contribution in [-0.4, -0.2) is 73.9 Å². The van der Waals surface area contributed by atoms with Gasteiger partial charge in [-0.25, -0.2) is 4.79 Å². The van der Waals surface area contributed by atoms with Crippen molar-refractivity contribution in [3.8, 4) is 11.8 Å². The third-order valence-electron chi connectivity index (χ3n) is 6.18. The molecule has 0 radical (unpaired) electrons. The van der Waals surface area contributed by atoms with Crippen LogP contribution < -0.4 is 10.2 Å². The predicted molar refractivity (Wildman–Crippen MR) is 142 cm³/mol. The Morgan fingerprint density at radius 1 is 1.00 bits per heavy atom. The molecule has 0 bridgehead atoms. The summed E-state index contributed by atoms with van der Waals surface area (Å²) >= 11 is 0. The minimum Gasteiger partial charge on any atom is -0.444 e. The second kappa shape index (κ2) is 10.9. The van der Waals surface area contributed by atoms with Crippen LogP contribution in [0.25, 0.3) is 0 Å². The molecule has 2 aliphatic heterocycles. The van der Waals surface area contributed by atoms with Gasteiger partial charge in [0.1, 0.15) is 5.60 Å². The molecule has 2 heterocycles. The molecule has 6 nitrogen and oxygen atoms in total. The summed E-state index contributed by atoms with van der Waals surface area (Å²) in [6.07, 6.45) is 2.41. The Labute approximate surface area is 207 Å². The lowest BCUT2D eigenvalue weighted by Gasteiger charge is -2.37. The maximum absolute atomic E-state index is 12.5. The highest BCUT2D eigenvalue weighted by molar-refractivity contribution is 5.71. The van der Waals surface area contributed by atoms with Crippen LogP contribution in [0.15, 0.2) is 12.1 Å². The van der Waals surface area contributed by atoms with E-state index in [9.17, 15) is 4.79 Å². The van der Waals surface area contributed by atoms with E-state index in [-0.39, 0.29) is 11.5 Å². The Kier molecular flexibility index (Phi) is 8.41. The van der Waals surface area contributed by atoms with Gasteiger partial charge >= 0.3 is 6.09 Å². The van der Waals surface area contributed by atoms with Gasteiger partial charge in [0.2, 0.25) is 0 Å². The van der Waals surface area contributed by atoms with Gasteiger partial charge < -0.3 is 24.8 Å². The quantitative estimate of drug-likeness (QED) is 0.619. The number of likely N-dealkylation sites (tertiary alicyclic amines) is 1. The van der Waals surface area contributed by atoms with Gasteiger partial charge in [-0.2, -0.15) is 0 Å². The zero-order valence-electron chi connectivity index (χ0n) is 22.4. The summed E-state index contributed by atoms with van der Waals surface area (Å²) in [6.45, 7) is 21.6. The molecule has 0 aliphatic carbocycles. The van der Waals surface area contributed by atoms with E-state index in [0.717, 1.165) is 37.4 Å². The molecular formula is C28H44N4O2. The maximum atomic E-state index is 12.5. The van der Waals surface area contributed by atoms with Gasteiger partial charge in [-0.3, -0.25) is 0 Å². The van der Waals surface area contributed by atoms with Gasteiger partial charge in [0.05, 0.1) is 0 Å². The molecule has 1 amide bonds. The Balaban J connectivity index is 1.75. The molecule has 0 spiro atoms. The summed E-state index contributed by atoms with van der Waals surface area (Å²) < 4.78 is 5.57. The van der Waals surface area contributed by atoms with Crippen molar-refractivity contribution in [2.24, 2.45) is 5.41 Å². The molecule has 3 rings (SSSR count). The molecule has 1 N–H and O–H groups in total. The van der Waals surface area contributed by atoms with Crippen LogP contribution in [0.3, 0.4) is 0 Å². The van der Waals surface area contributed by atoms with Crippen molar-refractivity contribution in [3.63, 3.8) is 0 Å². The monoisotopic (exact) mass is 468 g/mol. The molecule has 188 valence electrons. The molecule has 34 heavy (non-hydrogen) atoms. The second-order valence-electron chi connectivity index (χ2n) is 11.6. The smallest absolute Gasteiger partial charge is 0.410 e. The summed E-state index contributed by atoms with van der Waals surface area (Å²) in [5, 5.41) is 3.69. The number of nitrogens with zero attached hydrogens (tertiary/aromatic N) is 3. The highest BCUT2D eigenvalue weighted by Gasteiger charge is 2.27. The van der Waals surface area contributed by atoms with Gasteiger partial charge in [-0.15, -0.1) is 0 Å². The standard InChI is InChI=1S/C28H44N4O2/c1-22-24(29-12-15-30-13-8-9-14-30)20-23(10-11-27(2,3)4)21-25(22)31-16-18-32(19-17-31)26(33)34-28(5,6)7/h20-21,29H,8-9,12-19H2,1-7H3. The third kappa shape index (κ3) is 7.84. The number of benzene rings is 1. The molecule has 2 saturated heterocycles. The van der Waals surface area contributed by atoms with Gasteiger partial charge in [0.15, 0.2) is 0 Å². The fourth-order valence-electron chi connectivity index (χ4n) is 4.35. The van der Waals surface area contributed by atoms with E-state index in [2.05, 4.69) is 66.8 Å². The van der Waals surface area contributed by atoms with Crippen molar-refractivity contribution in [1.82, 2.24) is 9.80 Å². The highest BCUT2D eigenvalue weighted by Crippen LogP contribution is 2.30. The topological polar surface area (TPSA) is 48.0 Å². The lowest BCUT2D eigenvalue weighted by molar-refractivity contribution is 0.0240. The van der Waals surface area contributed by atoms with E-state index in [1.807, 2.05) is 25.7 Å². The van der Waals surface area contributed by atoms with E-state index < -0.39 is 5.60 Å². The molecule has 0 atom stereocenters. The molecule has 1 aromatic carbocycles. The first-order valence-corrected chi connectivity index (χ1v) is 12.8. The first-order chi connectivity index (χ1) is 15.9. The molecular weight excluding hydrogens is 424 g/mol. The predicted octanol–water partition coefficient (Wildman–Crippen LogP) is 4.96. The Morgan fingerprint density at radius 3 is 2.24 bits per heavy atom. The highest BCUT2D eigenvalue weighted by atomic mass is 16.6. The van der Waals surface area contributed by atoms with Crippen LogP contribution in [0.1, 0.15) is 65.5 Å². The molecule has 0 saturated carbocycles. The van der Waals surface area contributed by atoms with Crippen LogP contribution in [-0.2, 0) is 4.74 Å². The van der Waals surface area contributed by atoms with Gasteiger partial charge in [-0.05, 0) is 92.1 Å². The largest absolute Gasteiger partial charge is 0.444 e. The first-order valence-electron chi connectivity index (χ1n) is 12.8. The SMILES string of the molecule is Cc1c(NCCN2CCCC2)cc(C#CC(C)(C)C)cc1N1CCN(C(=O)OC(C)(C)C)CC1. The van der Waals surface area contributed by atoms with Crippen molar-refractivity contribution in [1.29, 1.82) is 0 Å². The van der Waals surface area contributed by atoms with Crippen molar-refractivity contribution in [2.45, 2.75) is 66.9 Å².